The van der Waals surface area contributed by atoms with Crippen LogP contribution >= 0.6 is 0 Å². The maximum absolute atomic E-state index is 4.38. The molecule has 0 amide bonds. The van der Waals surface area contributed by atoms with E-state index < -0.39 is 0 Å². The molecule has 1 aromatic rings. The number of nitrogens with one attached hydrogen (secondary N) is 1. The van der Waals surface area contributed by atoms with Crippen LogP contribution in [0.15, 0.2) is 6.20 Å². The average Bonchev–Trinajstić information content (AvgIpc) is 2.56. The first-order valence-corrected chi connectivity index (χ1v) is 4.78. The Labute approximate surface area is 78.6 Å². The monoisotopic (exact) mass is 177 g/mol. The molecular formula is C10H15N3. The number of nitrogens with zero attached hydrogens (tertiary/aromatic N) is 2. The molecule has 1 unspecified atom stereocenters. The summed E-state index contributed by atoms with van der Waals surface area (Å²) in [7, 11) is 0. The van der Waals surface area contributed by atoms with Gasteiger partial charge >= 0.3 is 0 Å². The van der Waals surface area contributed by atoms with E-state index in [-0.39, 0.29) is 0 Å². The Bertz CT molecular complexity index is 303. The molecule has 1 atom stereocenters. The largest absolute Gasteiger partial charge is 0.316 e. The van der Waals surface area contributed by atoms with E-state index in [0.29, 0.717) is 5.92 Å². The van der Waals surface area contributed by atoms with Gasteiger partial charge in [0.25, 0.3) is 0 Å². The van der Waals surface area contributed by atoms with Gasteiger partial charge in [0.2, 0.25) is 0 Å². The average molecular weight is 177 g/mol. The van der Waals surface area contributed by atoms with Crippen LogP contribution in [0.5, 0.6) is 0 Å². The van der Waals surface area contributed by atoms with Crippen LogP contribution in [0.4, 0.5) is 0 Å². The van der Waals surface area contributed by atoms with Crippen LogP contribution < -0.4 is 5.32 Å². The molecule has 0 bridgehead atoms. The first kappa shape index (κ1) is 8.63. The van der Waals surface area contributed by atoms with Gasteiger partial charge in [-0.1, -0.05) is 0 Å². The lowest BCUT2D eigenvalue weighted by Gasteiger charge is -2.10. The van der Waals surface area contributed by atoms with Gasteiger partial charge in [0.15, 0.2) is 0 Å². The first-order valence-electron chi connectivity index (χ1n) is 4.78. The van der Waals surface area contributed by atoms with Crippen LogP contribution in [0.3, 0.4) is 0 Å². The normalized spacial score (nSPS) is 22.2. The van der Waals surface area contributed by atoms with E-state index in [1.54, 1.807) is 0 Å². The summed E-state index contributed by atoms with van der Waals surface area (Å²) in [6, 6.07) is 0. The maximum Gasteiger partial charge on any atom is 0.125 e. The van der Waals surface area contributed by atoms with Crippen molar-refractivity contribution in [3.05, 3.63) is 23.3 Å². The number of aromatic nitrogens is 2. The van der Waals surface area contributed by atoms with Gasteiger partial charge in [-0.2, -0.15) is 0 Å². The van der Waals surface area contributed by atoms with Gasteiger partial charge in [-0.15, -0.1) is 0 Å². The molecule has 3 nitrogen and oxygen atoms in total. The van der Waals surface area contributed by atoms with Crippen LogP contribution in [-0.2, 0) is 0 Å². The Morgan fingerprint density at radius 2 is 2.31 bits per heavy atom. The smallest absolute Gasteiger partial charge is 0.125 e. The van der Waals surface area contributed by atoms with Gasteiger partial charge in [0.05, 0.1) is 0 Å². The van der Waals surface area contributed by atoms with Crippen molar-refractivity contribution in [3.8, 4) is 0 Å². The van der Waals surface area contributed by atoms with Gasteiger partial charge in [-0.25, -0.2) is 9.97 Å². The van der Waals surface area contributed by atoms with Crippen LogP contribution in [0.25, 0.3) is 0 Å². The number of hydrogen-bond acceptors (Lipinski definition) is 3. The molecule has 2 rings (SSSR count). The molecule has 0 radical (unpaired) electrons. The molecule has 0 aromatic carbocycles. The molecule has 0 spiro atoms. The third kappa shape index (κ3) is 1.70. The third-order valence-electron chi connectivity index (χ3n) is 2.64. The molecule has 1 aliphatic rings. The molecule has 1 N–H and O–H groups in total. The summed E-state index contributed by atoms with van der Waals surface area (Å²) >= 11 is 0. The molecule has 1 fully saturated rings. The minimum atomic E-state index is 0.626. The Morgan fingerprint density at radius 1 is 1.46 bits per heavy atom. The minimum absolute atomic E-state index is 0.626. The summed E-state index contributed by atoms with van der Waals surface area (Å²) in [4.78, 5) is 8.62. The van der Waals surface area contributed by atoms with Gasteiger partial charge in [0, 0.05) is 24.4 Å². The fourth-order valence-electron chi connectivity index (χ4n) is 1.91. The fraction of sp³-hybridized carbons (Fsp3) is 0.600. The topological polar surface area (TPSA) is 37.8 Å². The van der Waals surface area contributed by atoms with E-state index in [4.69, 9.17) is 0 Å². The van der Waals surface area contributed by atoms with Crippen molar-refractivity contribution in [1.82, 2.24) is 15.3 Å². The van der Waals surface area contributed by atoms with E-state index in [2.05, 4.69) is 22.2 Å². The van der Waals surface area contributed by atoms with E-state index in [1.807, 2.05) is 13.1 Å². The third-order valence-corrected chi connectivity index (χ3v) is 2.64. The second-order valence-corrected chi connectivity index (χ2v) is 3.65. The Kier molecular flexibility index (Phi) is 2.27. The highest BCUT2D eigenvalue weighted by Gasteiger charge is 2.18. The highest BCUT2D eigenvalue weighted by atomic mass is 14.9. The van der Waals surface area contributed by atoms with E-state index in [1.165, 1.54) is 12.0 Å². The van der Waals surface area contributed by atoms with Crippen LogP contribution in [0.2, 0.25) is 0 Å². The van der Waals surface area contributed by atoms with Crippen molar-refractivity contribution < 1.29 is 0 Å². The molecule has 1 saturated heterocycles. The quantitative estimate of drug-likeness (QED) is 0.699. The Morgan fingerprint density at radius 3 is 2.92 bits per heavy atom. The van der Waals surface area contributed by atoms with Gasteiger partial charge in [-0.05, 0) is 32.4 Å². The van der Waals surface area contributed by atoms with Crippen LogP contribution in [0, 0.1) is 13.8 Å². The van der Waals surface area contributed by atoms with E-state index >= 15 is 0 Å². The molecule has 1 aliphatic heterocycles. The molecule has 70 valence electrons. The van der Waals surface area contributed by atoms with Crippen molar-refractivity contribution in [3.63, 3.8) is 0 Å². The molecule has 0 saturated carbocycles. The van der Waals surface area contributed by atoms with Crippen molar-refractivity contribution in [1.29, 1.82) is 0 Å². The lowest BCUT2D eigenvalue weighted by atomic mass is 9.99. The standard InChI is InChI=1S/C10H15N3/c1-7-10(6-12-8(2)13-7)9-3-4-11-5-9/h6,9,11H,3-5H2,1-2H3. The molecule has 0 aliphatic carbocycles. The molecule has 13 heavy (non-hydrogen) atoms. The SMILES string of the molecule is Cc1ncc(C2CCNC2)c(C)n1. The molecule has 2 heterocycles. The summed E-state index contributed by atoms with van der Waals surface area (Å²) in [5, 5.41) is 3.36. The van der Waals surface area contributed by atoms with E-state index in [9.17, 15) is 0 Å². The predicted octanol–water partition coefficient (Wildman–Crippen LogP) is 1.17. The van der Waals surface area contributed by atoms with Crippen molar-refractivity contribution in [2.45, 2.75) is 26.2 Å². The number of rotatable bonds is 1. The predicted molar refractivity (Wildman–Crippen MR) is 51.7 cm³/mol. The first-order chi connectivity index (χ1) is 6.27. The highest BCUT2D eigenvalue weighted by Crippen LogP contribution is 2.23. The molecular weight excluding hydrogens is 162 g/mol. The number of aryl methyl sites for hydroxylation is 2. The summed E-state index contributed by atoms with van der Waals surface area (Å²) in [6.45, 7) is 6.21. The minimum Gasteiger partial charge on any atom is -0.316 e. The second kappa shape index (κ2) is 3.42. The summed E-state index contributed by atoms with van der Waals surface area (Å²) < 4.78 is 0. The Hall–Kier alpha value is -0.960. The zero-order chi connectivity index (χ0) is 9.26. The fourth-order valence-corrected chi connectivity index (χ4v) is 1.91. The van der Waals surface area contributed by atoms with Crippen molar-refractivity contribution >= 4 is 0 Å². The highest BCUT2D eigenvalue weighted by molar-refractivity contribution is 5.22. The zero-order valence-corrected chi connectivity index (χ0v) is 8.17. The lowest BCUT2D eigenvalue weighted by Crippen LogP contribution is -2.10. The second-order valence-electron chi connectivity index (χ2n) is 3.65. The summed E-state index contributed by atoms with van der Waals surface area (Å²) in [5.41, 5.74) is 2.46. The Balaban J connectivity index is 2.29. The van der Waals surface area contributed by atoms with Crippen molar-refractivity contribution in [2.75, 3.05) is 13.1 Å². The van der Waals surface area contributed by atoms with Gasteiger partial charge in [0.1, 0.15) is 5.82 Å². The van der Waals surface area contributed by atoms with Crippen LogP contribution in [0.1, 0.15) is 29.4 Å². The summed E-state index contributed by atoms with van der Waals surface area (Å²) in [5.74, 6) is 1.49. The lowest BCUT2D eigenvalue weighted by molar-refractivity contribution is 0.739. The summed E-state index contributed by atoms with van der Waals surface area (Å²) in [6.07, 6.45) is 3.20. The van der Waals surface area contributed by atoms with Gasteiger partial charge < -0.3 is 5.32 Å². The van der Waals surface area contributed by atoms with Crippen molar-refractivity contribution in [2.24, 2.45) is 0 Å². The molecule has 3 heteroatoms. The maximum atomic E-state index is 4.38. The number of hydrogen-bond donors (Lipinski definition) is 1. The van der Waals surface area contributed by atoms with E-state index in [0.717, 1.165) is 24.6 Å². The molecule has 1 aromatic heterocycles. The van der Waals surface area contributed by atoms with Gasteiger partial charge in [-0.3, -0.25) is 0 Å². The zero-order valence-electron chi connectivity index (χ0n) is 8.17. The van der Waals surface area contributed by atoms with Crippen LogP contribution in [-0.4, -0.2) is 23.1 Å².